The molecule has 26 heavy (non-hydrogen) atoms. The second kappa shape index (κ2) is 7.88. The van der Waals surface area contributed by atoms with E-state index in [0.29, 0.717) is 15.3 Å². The molecule has 0 spiro atoms. The molecule has 2 aromatic carbocycles. The van der Waals surface area contributed by atoms with Crippen molar-refractivity contribution < 1.29 is 14.1 Å². The van der Waals surface area contributed by atoms with Gasteiger partial charge in [0.15, 0.2) is 6.61 Å². The van der Waals surface area contributed by atoms with Crippen LogP contribution in [0.25, 0.3) is 0 Å². The minimum atomic E-state index is -0.450. The van der Waals surface area contributed by atoms with Crippen molar-refractivity contribution in [2.24, 2.45) is 0 Å². The Morgan fingerprint density at radius 1 is 1.23 bits per heavy atom. The van der Waals surface area contributed by atoms with Crippen LogP contribution >= 0.6 is 27.7 Å². The number of rotatable bonds is 6. The fraction of sp³-hybridized carbons (Fsp3) is 0.176. The van der Waals surface area contributed by atoms with Gasteiger partial charge in [0.2, 0.25) is 0 Å². The van der Waals surface area contributed by atoms with E-state index in [9.17, 15) is 10.1 Å². The lowest BCUT2D eigenvalue weighted by Crippen LogP contribution is -1.97. The number of ether oxygens (including phenoxy) is 1. The lowest BCUT2D eigenvalue weighted by molar-refractivity contribution is -0.387. The highest BCUT2D eigenvalue weighted by molar-refractivity contribution is 9.10. The number of hydrogen-bond acceptors (Lipinski definition) is 7. The molecule has 0 saturated carbocycles. The predicted molar refractivity (Wildman–Crippen MR) is 99.5 cm³/mol. The molecule has 0 bridgehead atoms. The Morgan fingerprint density at radius 3 is 2.81 bits per heavy atom. The van der Waals surface area contributed by atoms with Crippen molar-refractivity contribution >= 4 is 33.4 Å². The number of halogens is 1. The van der Waals surface area contributed by atoms with Gasteiger partial charge in [-0.3, -0.25) is 10.1 Å². The predicted octanol–water partition coefficient (Wildman–Crippen LogP) is 5.09. The van der Waals surface area contributed by atoms with Crippen LogP contribution < -0.4 is 4.74 Å². The third-order valence-electron chi connectivity index (χ3n) is 3.46. The molecule has 0 aliphatic heterocycles. The molecule has 9 heteroatoms. The van der Waals surface area contributed by atoms with E-state index >= 15 is 0 Å². The summed E-state index contributed by atoms with van der Waals surface area (Å²) in [6, 6.07) is 10.7. The fourth-order valence-electron chi connectivity index (χ4n) is 2.15. The molecule has 0 unspecified atom stereocenters. The lowest BCUT2D eigenvalue weighted by Gasteiger charge is -2.07. The molecule has 7 nitrogen and oxygen atoms in total. The molecule has 0 aliphatic carbocycles. The standard InChI is InChI=1S/C17H14BrN3O4S/c1-10-3-4-11(2)14(7-10)24-9-16-19-20-17(25-16)26-15-6-5-12(18)8-13(15)21(22)23/h3-8H,9H2,1-2H3. The van der Waals surface area contributed by atoms with Gasteiger partial charge in [-0.2, -0.15) is 0 Å². The molecular weight excluding hydrogens is 422 g/mol. The summed E-state index contributed by atoms with van der Waals surface area (Å²) in [5, 5.41) is 19.2. The van der Waals surface area contributed by atoms with Gasteiger partial charge in [0.1, 0.15) is 5.75 Å². The van der Waals surface area contributed by atoms with Crippen molar-refractivity contribution in [2.75, 3.05) is 0 Å². The van der Waals surface area contributed by atoms with Crippen molar-refractivity contribution in [3.05, 3.63) is 68.0 Å². The molecule has 0 amide bonds. The van der Waals surface area contributed by atoms with Gasteiger partial charge >= 0.3 is 0 Å². The van der Waals surface area contributed by atoms with Gasteiger partial charge in [0.05, 0.1) is 9.82 Å². The molecular formula is C17H14BrN3O4S. The van der Waals surface area contributed by atoms with Crippen LogP contribution in [0.15, 0.2) is 55.4 Å². The second-order valence-electron chi connectivity index (χ2n) is 5.49. The topological polar surface area (TPSA) is 91.3 Å². The van der Waals surface area contributed by atoms with Crippen LogP contribution in [-0.2, 0) is 6.61 Å². The average Bonchev–Trinajstić information content (AvgIpc) is 3.04. The van der Waals surface area contributed by atoms with Crippen molar-refractivity contribution in [3.8, 4) is 5.75 Å². The zero-order valence-electron chi connectivity index (χ0n) is 13.9. The molecule has 3 rings (SSSR count). The van der Waals surface area contributed by atoms with E-state index in [4.69, 9.17) is 9.15 Å². The van der Waals surface area contributed by atoms with Gasteiger partial charge in [-0.1, -0.05) is 28.1 Å². The van der Waals surface area contributed by atoms with E-state index in [0.717, 1.165) is 28.6 Å². The zero-order valence-corrected chi connectivity index (χ0v) is 16.3. The van der Waals surface area contributed by atoms with Crippen molar-refractivity contribution in [1.29, 1.82) is 0 Å². The highest BCUT2D eigenvalue weighted by Gasteiger charge is 2.18. The van der Waals surface area contributed by atoms with Crippen LogP contribution in [-0.4, -0.2) is 15.1 Å². The van der Waals surface area contributed by atoms with E-state index in [-0.39, 0.29) is 17.5 Å². The summed E-state index contributed by atoms with van der Waals surface area (Å²) in [7, 11) is 0. The molecule has 1 aromatic heterocycles. The molecule has 0 aliphatic rings. The summed E-state index contributed by atoms with van der Waals surface area (Å²) in [5.41, 5.74) is 2.07. The first-order chi connectivity index (χ1) is 12.4. The first kappa shape index (κ1) is 18.4. The Morgan fingerprint density at radius 2 is 2.04 bits per heavy atom. The summed E-state index contributed by atoms with van der Waals surface area (Å²) in [6.07, 6.45) is 0. The normalized spacial score (nSPS) is 10.7. The van der Waals surface area contributed by atoms with Crippen molar-refractivity contribution in [2.45, 2.75) is 30.6 Å². The van der Waals surface area contributed by atoms with E-state index in [1.54, 1.807) is 12.1 Å². The third kappa shape index (κ3) is 4.41. The summed E-state index contributed by atoms with van der Waals surface area (Å²) in [6.45, 7) is 4.07. The Bertz CT molecular complexity index is 961. The Hall–Kier alpha value is -2.39. The average molecular weight is 436 g/mol. The summed E-state index contributed by atoms with van der Waals surface area (Å²) >= 11 is 4.27. The second-order valence-corrected chi connectivity index (χ2v) is 7.40. The molecule has 134 valence electrons. The monoisotopic (exact) mass is 435 g/mol. The number of aromatic nitrogens is 2. The highest BCUT2D eigenvalue weighted by atomic mass is 79.9. The maximum absolute atomic E-state index is 11.2. The third-order valence-corrected chi connectivity index (χ3v) is 4.86. The molecule has 1 heterocycles. The largest absolute Gasteiger partial charge is 0.484 e. The van der Waals surface area contributed by atoms with Crippen LogP contribution in [0, 0.1) is 24.0 Å². The van der Waals surface area contributed by atoms with Crippen molar-refractivity contribution in [1.82, 2.24) is 10.2 Å². The number of nitro benzene ring substituents is 1. The smallest absolute Gasteiger partial charge is 0.284 e. The van der Waals surface area contributed by atoms with Gasteiger partial charge in [0.25, 0.3) is 16.8 Å². The molecule has 0 saturated heterocycles. The minimum Gasteiger partial charge on any atom is -0.484 e. The van der Waals surface area contributed by atoms with Crippen LogP contribution in [0.3, 0.4) is 0 Å². The lowest BCUT2D eigenvalue weighted by atomic mass is 10.1. The number of nitrogens with zero attached hydrogens (tertiary/aromatic N) is 3. The molecule has 3 aromatic rings. The number of hydrogen-bond donors (Lipinski definition) is 0. The van der Waals surface area contributed by atoms with E-state index in [1.165, 1.54) is 6.07 Å². The Kier molecular flexibility index (Phi) is 5.58. The molecule has 0 atom stereocenters. The number of aryl methyl sites for hydroxylation is 2. The Labute approximate surface area is 162 Å². The van der Waals surface area contributed by atoms with Crippen LogP contribution in [0.5, 0.6) is 5.75 Å². The first-order valence-electron chi connectivity index (χ1n) is 7.56. The fourth-order valence-corrected chi connectivity index (χ4v) is 3.28. The van der Waals surface area contributed by atoms with Crippen LogP contribution in [0.4, 0.5) is 5.69 Å². The van der Waals surface area contributed by atoms with Crippen LogP contribution in [0.2, 0.25) is 0 Å². The maximum Gasteiger partial charge on any atom is 0.284 e. The SMILES string of the molecule is Cc1ccc(C)c(OCc2nnc(Sc3ccc(Br)cc3[N+](=O)[O-])o2)c1. The zero-order chi connectivity index (χ0) is 18.7. The van der Waals surface area contributed by atoms with Crippen molar-refractivity contribution in [3.63, 3.8) is 0 Å². The summed E-state index contributed by atoms with van der Waals surface area (Å²) in [4.78, 5) is 11.1. The molecule has 0 N–H and O–H groups in total. The van der Waals surface area contributed by atoms with Gasteiger partial charge in [-0.25, -0.2) is 0 Å². The highest BCUT2D eigenvalue weighted by Crippen LogP contribution is 2.35. The van der Waals surface area contributed by atoms with Gasteiger partial charge in [-0.15, -0.1) is 10.2 Å². The number of nitro groups is 1. The van der Waals surface area contributed by atoms with E-state index in [1.807, 2.05) is 32.0 Å². The van der Waals surface area contributed by atoms with Gasteiger partial charge < -0.3 is 9.15 Å². The molecule has 0 radical (unpaired) electrons. The number of benzene rings is 2. The minimum absolute atomic E-state index is 0.0317. The van der Waals surface area contributed by atoms with E-state index in [2.05, 4.69) is 26.1 Å². The molecule has 0 fully saturated rings. The van der Waals surface area contributed by atoms with Gasteiger partial charge in [0, 0.05) is 10.5 Å². The quantitative estimate of drug-likeness (QED) is 0.393. The Balaban J connectivity index is 1.71. The van der Waals surface area contributed by atoms with E-state index < -0.39 is 4.92 Å². The summed E-state index contributed by atoms with van der Waals surface area (Å²) in [5.74, 6) is 1.05. The first-order valence-corrected chi connectivity index (χ1v) is 9.17. The maximum atomic E-state index is 11.2. The van der Waals surface area contributed by atoms with Gasteiger partial charge in [-0.05, 0) is 54.9 Å². The summed E-state index contributed by atoms with van der Waals surface area (Å²) < 4.78 is 11.9. The van der Waals surface area contributed by atoms with Crippen LogP contribution in [0.1, 0.15) is 17.0 Å².